The van der Waals surface area contributed by atoms with Gasteiger partial charge in [-0.25, -0.2) is 0 Å². The second kappa shape index (κ2) is 8.62. The fourth-order valence-corrected chi connectivity index (χ4v) is 3.04. The molecule has 0 aliphatic rings. The number of carbonyl (C=O) groups is 1. The van der Waals surface area contributed by atoms with Crippen LogP contribution < -0.4 is 10.1 Å². The van der Waals surface area contributed by atoms with Crippen LogP contribution in [-0.2, 0) is 11.2 Å². The molecule has 0 aliphatic carbocycles. The number of para-hydroxylation sites is 2. The number of ether oxygens (including phenoxy) is 1. The van der Waals surface area contributed by atoms with E-state index in [4.69, 9.17) is 4.74 Å². The fourth-order valence-electron chi connectivity index (χ4n) is 3.04. The molecule has 0 atom stereocenters. The van der Waals surface area contributed by atoms with Crippen LogP contribution in [0.2, 0.25) is 0 Å². The van der Waals surface area contributed by atoms with Crippen LogP contribution in [-0.4, -0.2) is 32.4 Å². The maximum atomic E-state index is 12.2. The van der Waals surface area contributed by atoms with Crippen molar-refractivity contribution in [2.24, 2.45) is 0 Å². The van der Waals surface area contributed by atoms with Gasteiger partial charge in [0.1, 0.15) is 11.0 Å². The van der Waals surface area contributed by atoms with Crippen molar-refractivity contribution in [3.8, 4) is 11.4 Å². The van der Waals surface area contributed by atoms with Gasteiger partial charge in [0.25, 0.3) is 5.91 Å². The Morgan fingerprint density at radius 1 is 1.06 bits per heavy atom. The topological polar surface area (TPSA) is 112 Å². The molecule has 0 saturated carbocycles. The number of carbonyl (C=O) groups excluding carboxylic acids is 1. The summed E-state index contributed by atoms with van der Waals surface area (Å²) >= 11 is 0. The molecule has 1 heterocycles. The molecule has 0 unspecified atom stereocenters. The van der Waals surface area contributed by atoms with E-state index in [1.54, 1.807) is 29.1 Å². The number of benzene rings is 3. The molecule has 1 amide bonds. The zero-order valence-electron chi connectivity index (χ0n) is 16.7. The van der Waals surface area contributed by atoms with E-state index in [0.29, 0.717) is 16.7 Å². The first-order valence-electron chi connectivity index (χ1n) is 9.66. The van der Waals surface area contributed by atoms with Crippen molar-refractivity contribution in [2.75, 3.05) is 11.9 Å². The molecule has 31 heavy (non-hydrogen) atoms. The summed E-state index contributed by atoms with van der Waals surface area (Å²) in [6.45, 7) is 1.73. The number of aryl methyl sites for hydroxylation is 1. The van der Waals surface area contributed by atoms with Gasteiger partial charge in [0.15, 0.2) is 12.4 Å². The number of nitro benzene ring substituents is 1. The second-order valence-corrected chi connectivity index (χ2v) is 6.77. The van der Waals surface area contributed by atoms with Crippen molar-refractivity contribution in [1.82, 2.24) is 15.0 Å². The average Bonchev–Trinajstić information content (AvgIpc) is 3.21. The van der Waals surface area contributed by atoms with Gasteiger partial charge < -0.3 is 10.1 Å². The van der Waals surface area contributed by atoms with E-state index < -0.39 is 10.8 Å². The highest BCUT2D eigenvalue weighted by Gasteiger charge is 2.15. The van der Waals surface area contributed by atoms with Crippen LogP contribution in [0.4, 0.5) is 11.4 Å². The van der Waals surface area contributed by atoms with Crippen molar-refractivity contribution in [1.29, 1.82) is 0 Å². The number of aromatic nitrogens is 3. The average molecular weight is 417 g/mol. The number of rotatable bonds is 7. The normalized spacial score (nSPS) is 10.7. The predicted octanol–water partition coefficient (Wildman–Crippen LogP) is 3.91. The molecule has 1 aromatic heterocycles. The molecule has 0 aliphatic heterocycles. The number of amides is 1. The number of nitrogens with one attached hydrogen (secondary N) is 1. The zero-order chi connectivity index (χ0) is 21.8. The highest BCUT2D eigenvalue weighted by atomic mass is 16.6. The smallest absolute Gasteiger partial charge is 0.310 e. The van der Waals surface area contributed by atoms with Crippen LogP contribution >= 0.6 is 0 Å². The number of nitro groups is 1. The maximum absolute atomic E-state index is 12.2. The minimum atomic E-state index is -0.555. The highest BCUT2D eigenvalue weighted by molar-refractivity contribution is 5.93. The molecule has 0 spiro atoms. The molecule has 0 radical (unpaired) electrons. The Kier molecular flexibility index (Phi) is 5.57. The summed E-state index contributed by atoms with van der Waals surface area (Å²) in [4.78, 5) is 24.3. The quantitative estimate of drug-likeness (QED) is 0.360. The van der Waals surface area contributed by atoms with Crippen molar-refractivity contribution >= 4 is 28.3 Å². The Labute approximate surface area is 177 Å². The van der Waals surface area contributed by atoms with Gasteiger partial charge in [0.05, 0.1) is 10.6 Å². The van der Waals surface area contributed by atoms with E-state index >= 15 is 0 Å². The van der Waals surface area contributed by atoms with Gasteiger partial charge >= 0.3 is 5.69 Å². The van der Waals surface area contributed by atoms with E-state index in [1.165, 1.54) is 23.8 Å². The van der Waals surface area contributed by atoms with Crippen LogP contribution in [0.15, 0.2) is 66.7 Å². The fraction of sp³-hybridized carbons (Fsp3) is 0.136. The van der Waals surface area contributed by atoms with Gasteiger partial charge in [-0.1, -0.05) is 31.2 Å². The minimum Gasteiger partial charge on any atom is -0.477 e. The molecule has 0 bridgehead atoms. The molecule has 0 saturated heterocycles. The van der Waals surface area contributed by atoms with Gasteiger partial charge in [-0.3, -0.25) is 14.9 Å². The van der Waals surface area contributed by atoms with Gasteiger partial charge in [-0.05, 0) is 48.4 Å². The first kappa shape index (κ1) is 20.0. The van der Waals surface area contributed by atoms with Crippen molar-refractivity contribution < 1.29 is 14.5 Å². The number of nitrogens with zero attached hydrogens (tertiary/aromatic N) is 4. The lowest BCUT2D eigenvalue weighted by atomic mass is 10.2. The standard InChI is InChI=1S/C22H19N5O4/c1-2-15-7-10-17(11-8-15)26-24-18-12-9-16(13-19(18)25-26)23-22(28)14-31-21-6-4-3-5-20(21)27(29)30/h3-13H,2,14H2,1H3,(H,23,28). The molecule has 4 rings (SSSR count). The second-order valence-electron chi connectivity index (χ2n) is 6.77. The van der Waals surface area contributed by atoms with Crippen molar-refractivity contribution in [3.63, 3.8) is 0 Å². The molecule has 4 aromatic rings. The van der Waals surface area contributed by atoms with E-state index in [9.17, 15) is 14.9 Å². The van der Waals surface area contributed by atoms with Crippen LogP contribution in [0.5, 0.6) is 5.75 Å². The number of hydrogen-bond donors (Lipinski definition) is 1. The summed E-state index contributed by atoms with van der Waals surface area (Å²) in [5, 5.41) is 22.7. The Morgan fingerprint density at radius 2 is 1.81 bits per heavy atom. The molecule has 3 aromatic carbocycles. The van der Waals surface area contributed by atoms with Gasteiger partial charge in [-0.2, -0.15) is 4.80 Å². The zero-order valence-corrected chi connectivity index (χ0v) is 16.7. The van der Waals surface area contributed by atoms with Crippen LogP contribution in [0, 0.1) is 10.1 Å². The van der Waals surface area contributed by atoms with Crippen molar-refractivity contribution in [2.45, 2.75) is 13.3 Å². The maximum Gasteiger partial charge on any atom is 0.310 e. The van der Waals surface area contributed by atoms with E-state index in [-0.39, 0.29) is 18.0 Å². The molecule has 9 heteroatoms. The van der Waals surface area contributed by atoms with Crippen LogP contribution in [0.1, 0.15) is 12.5 Å². The Bertz CT molecular complexity index is 1250. The third-order valence-electron chi connectivity index (χ3n) is 4.66. The summed E-state index contributed by atoms with van der Waals surface area (Å²) in [5.74, 6) is -0.407. The third kappa shape index (κ3) is 4.50. The summed E-state index contributed by atoms with van der Waals surface area (Å²) in [7, 11) is 0. The van der Waals surface area contributed by atoms with E-state index in [0.717, 1.165) is 12.1 Å². The number of fused-ring (bicyclic) bond motifs is 1. The minimum absolute atomic E-state index is 0.0372. The Balaban J connectivity index is 1.45. The predicted molar refractivity (Wildman–Crippen MR) is 115 cm³/mol. The SMILES string of the molecule is CCc1ccc(-n2nc3ccc(NC(=O)COc4ccccc4[N+](=O)[O-])cc3n2)cc1. The van der Waals surface area contributed by atoms with Crippen molar-refractivity contribution in [3.05, 3.63) is 82.4 Å². The lowest BCUT2D eigenvalue weighted by Gasteiger charge is -2.07. The van der Waals surface area contributed by atoms with Crippen LogP contribution in [0.25, 0.3) is 16.7 Å². The van der Waals surface area contributed by atoms with Gasteiger partial charge in [0, 0.05) is 11.8 Å². The lowest BCUT2D eigenvalue weighted by molar-refractivity contribution is -0.385. The monoisotopic (exact) mass is 417 g/mol. The molecule has 9 nitrogen and oxygen atoms in total. The molecular formula is C22H19N5O4. The summed E-state index contributed by atoms with van der Waals surface area (Å²) in [6, 6.07) is 19.1. The van der Waals surface area contributed by atoms with Gasteiger partial charge in [0.2, 0.25) is 0 Å². The van der Waals surface area contributed by atoms with Crippen LogP contribution in [0.3, 0.4) is 0 Å². The highest BCUT2D eigenvalue weighted by Crippen LogP contribution is 2.25. The lowest BCUT2D eigenvalue weighted by Crippen LogP contribution is -2.20. The Morgan fingerprint density at radius 3 is 2.55 bits per heavy atom. The Hall–Kier alpha value is -4.27. The molecule has 0 fully saturated rings. The molecule has 1 N–H and O–H groups in total. The third-order valence-corrected chi connectivity index (χ3v) is 4.66. The first-order valence-corrected chi connectivity index (χ1v) is 9.66. The van der Waals surface area contributed by atoms with Gasteiger partial charge in [-0.15, -0.1) is 10.2 Å². The molecule has 156 valence electrons. The number of hydrogen-bond acceptors (Lipinski definition) is 6. The first-order chi connectivity index (χ1) is 15.0. The summed E-state index contributed by atoms with van der Waals surface area (Å²) in [5.41, 5.74) is 3.72. The van der Waals surface area contributed by atoms with E-state index in [2.05, 4.69) is 22.4 Å². The molecular weight excluding hydrogens is 398 g/mol. The number of anilines is 1. The summed E-state index contributed by atoms with van der Waals surface area (Å²) < 4.78 is 5.31. The summed E-state index contributed by atoms with van der Waals surface area (Å²) in [6.07, 6.45) is 0.958. The largest absolute Gasteiger partial charge is 0.477 e. The van der Waals surface area contributed by atoms with E-state index in [1.807, 2.05) is 24.3 Å².